The van der Waals surface area contributed by atoms with Crippen LogP contribution in [0, 0.1) is 6.92 Å². The molecule has 1 heterocycles. The first-order chi connectivity index (χ1) is 13.4. The summed E-state index contributed by atoms with van der Waals surface area (Å²) in [6.45, 7) is 2.30. The fourth-order valence-corrected chi connectivity index (χ4v) is 3.56. The second kappa shape index (κ2) is 9.07. The first-order valence-corrected chi connectivity index (χ1v) is 10.3. The normalized spacial score (nSPS) is 13.1. The Morgan fingerprint density at radius 1 is 1.07 bits per heavy atom. The van der Waals surface area contributed by atoms with E-state index in [4.69, 9.17) is 21.1 Å². The van der Waals surface area contributed by atoms with Crippen LogP contribution in [0.1, 0.15) is 11.1 Å². The zero-order valence-electron chi connectivity index (χ0n) is 15.1. The number of ether oxygens (including phenoxy) is 2. The average molecular weight is 423 g/mol. The summed E-state index contributed by atoms with van der Waals surface area (Å²) in [4.78, 5) is 24.0. The second-order valence-corrected chi connectivity index (χ2v) is 8.07. The molecular formula is C19H19ClN2O5S. The highest BCUT2D eigenvalue weighted by Gasteiger charge is 2.15. The van der Waals surface area contributed by atoms with Crippen molar-refractivity contribution in [3.63, 3.8) is 0 Å². The summed E-state index contributed by atoms with van der Waals surface area (Å²) in [5.41, 5.74) is 2.24. The van der Waals surface area contributed by atoms with Crippen LogP contribution in [0.2, 0.25) is 5.02 Å². The van der Waals surface area contributed by atoms with Crippen molar-refractivity contribution in [2.24, 2.45) is 0 Å². The molecule has 0 fully saturated rings. The summed E-state index contributed by atoms with van der Waals surface area (Å²) in [6.07, 6.45) is 0. The van der Waals surface area contributed by atoms with Crippen LogP contribution in [-0.2, 0) is 26.9 Å². The number of nitrogens with one attached hydrogen (secondary N) is 2. The van der Waals surface area contributed by atoms with Crippen LogP contribution in [0.15, 0.2) is 36.4 Å². The van der Waals surface area contributed by atoms with E-state index in [0.717, 1.165) is 11.1 Å². The van der Waals surface area contributed by atoms with E-state index in [1.54, 1.807) is 30.3 Å². The molecule has 1 aliphatic heterocycles. The SMILES string of the molecule is Cc1ccc(NC(=O)C[S@@](=O)CC(=O)NCc2ccc3c(c2)OCO3)cc1Cl. The molecule has 2 N–H and O–H groups in total. The third-order valence-electron chi connectivity index (χ3n) is 3.97. The first-order valence-electron chi connectivity index (χ1n) is 8.47. The van der Waals surface area contributed by atoms with Crippen molar-refractivity contribution in [2.45, 2.75) is 13.5 Å². The fourth-order valence-electron chi connectivity index (χ4n) is 2.51. The smallest absolute Gasteiger partial charge is 0.237 e. The first kappa shape index (κ1) is 20.2. The molecule has 2 aromatic rings. The summed E-state index contributed by atoms with van der Waals surface area (Å²) in [7, 11) is -1.62. The van der Waals surface area contributed by atoms with E-state index in [1.165, 1.54) is 0 Å². The molecule has 0 saturated heterocycles. The minimum atomic E-state index is -1.62. The van der Waals surface area contributed by atoms with Gasteiger partial charge in [-0.2, -0.15) is 0 Å². The minimum absolute atomic E-state index is 0.182. The molecule has 1 atom stereocenters. The van der Waals surface area contributed by atoms with Crippen LogP contribution in [0.3, 0.4) is 0 Å². The van der Waals surface area contributed by atoms with Gasteiger partial charge in [0.2, 0.25) is 18.6 Å². The van der Waals surface area contributed by atoms with Crippen molar-refractivity contribution in [1.29, 1.82) is 0 Å². The average Bonchev–Trinajstić information content (AvgIpc) is 3.10. The Bertz CT molecular complexity index is 935. The van der Waals surface area contributed by atoms with E-state index in [-0.39, 0.29) is 24.8 Å². The minimum Gasteiger partial charge on any atom is -0.454 e. The van der Waals surface area contributed by atoms with Gasteiger partial charge in [0.15, 0.2) is 11.5 Å². The van der Waals surface area contributed by atoms with Crippen molar-refractivity contribution in [1.82, 2.24) is 5.32 Å². The molecule has 0 aliphatic carbocycles. The van der Waals surface area contributed by atoms with Crippen molar-refractivity contribution < 1.29 is 23.3 Å². The number of carbonyl (C=O) groups excluding carboxylic acids is 2. The van der Waals surface area contributed by atoms with Gasteiger partial charge in [0.1, 0.15) is 11.5 Å². The molecule has 2 amide bonds. The predicted octanol–water partition coefficient (Wildman–Crippen LogP) is 2.38. The number of rotatable bonds is 7. The Labute approximate surface area is 169 Å². The van der Waals surface area contributed by atoms with E-state index >= 15 is 0 Å². The third-order valence-corrected chi connectivity index (χ3v) is 5.54. The lowest BCUT2D eigenvalue weighted by molar-refractivity contribution is -0.118. The van der Waals surface area contributed by atoms with Crippen molar-refractivity contribution in [3.05, 3.63) is 52.5 Å². The van der Waals surface area contributed by atoms with Gasteiger partial charge in [0.05, 0.1) is 0 Å². The molecular weight excluding hydrogens is 404 g/mol. The van der Waals surface area contributed by atoms with E-state index in [9.17, 15) is 13.8 Å². The van der Waals surface area contributed by atoms with Crippen LogP contribution in [0.4, 0.5) is 5.69 Å². The Balaban J connectivity index is 1.43. The Kier molecular flexibility index (Phi) is 6.53. The van der Waals surface area contributed by atoms with Gasteiger partial charge in [-0.3, -0.25) is 13.8 Å². The Morgan fingerprint density at radius 2 is 1.82 bits per heavy atom. The molecule has 7 nitrogen and oxygen atoms in total. The molecule has 0 unspecified atom stereocenters. The molecule has 0 radical (unpaired) electrons. The number of benzene rings is 2. The molecule has 0 saturated carbocycles. The van der Waals surface area contributed by atoms with Crippen LogP contribution in [0.5, 0.6) is 11.5 Å². The van der Waals surface area contributed by atoms with Crippen molar-refractivity contribution in [2.75, 3.05) is 23.6 Å². The van der Waals surface area contributed by atoms with Gasteiger partial charge in [-0.05, 0) is 42.3 Å². The van der Waals surface area contributed by atoms with Gasteiger partial charge in [-0.15, -0.1) is 0 Å². The monoisotopic (exact) mass is 422 g/mol. The third kappa shape index (κ3) is 5.46. The molecule has 9 heteroatoms. The summed E-state index contributed by atoms with van der Waals surface area (Å²) in [5, 5.41) is 5.83. The fraction of sp³-hybridized carbons (Fsp3) is 0.263. The van der Waals surface area contributed by atoms with Gasteiger partial charge in [0.25, 0.3) is 0 Å². The Hall–Kier alpha value is -2.58. The van der Waals surface area contributed by atoms with Gasteiger partial charge < -0.3 is 20.1 Å². The predicted molar refractivity (Wildman–Crippen MR) is 107 cm³/mol. The lowest BCUT2D eigenvalue weighted by Gasteiger charge is -2.08. The van der Waals surface area contributed by atoms with E-state index in [0.29, 0.717) is 22.2 Å². The lowest BCUT2D eigenvalue weighted by atomic mass is 10.2. The number of aryl methyl sites for hydroxylation is 1. The maximum absolute atomic E-state index is 12.1. The molecule has 3 rings (SSSR count). The highest BCUT2D eigenvalue weighted by molar-refractivity contribution is 7.86. The standard InChI is InChI=1S/C19H19ClN2O5S/c1-12-2-4-14(7-15(12)20)22-19(24)10-28(25)9-18(23)21-8-13-3-5-16-17(6-13)27-11-26-16/h2-7H,8-11H2,1H3,(H,21,23)(H,22,24)/t28-/m0/s1. The topological polar surface area (TPSA) is 93.7 Å². The van der Waals surface area contributed by atoms with Crippen molar-refractivity contribution in [3.8, 4) is 11.5 Å². The van der Waals surface area contributed by atoms with Crippen molar-refractivity contribution >= 4 is 39.9 Å². The summed E-state index contributed by atoms with van der Waals surface area (Å²) in [6, 6.07) is 10.5. The Morgan fingerprint density at radius 3 is 2.61 bits per heavy atom. The molecule has 0 spiro atoms. The second-order valence-electron chi connectivity index (χ2n) is 6.20. The molecule has 148 valence electrons. The van der Waals surface area contributed by atoms with Crippen LogP contribution in [-0.4, -0.2) is 34.3 Å². The molecule has 28 heavy (non-hydrogen) atoms. The number of anilines is 1. The zero-order valence-corrected chi connectivity index (χ0v) is 16.7. The van der Waals surface area contributed by atoms with Gasteiger partial charge in [-0.25, -0.2) is 0 Å². The van der Waals surface area contributed by atoms with Gasteiger partial charge in [-0.1, -0.05) is 23.7 Å². The number of halogens is 1. The highest BCUT2D eigenvalue weighted by atomic mass is 35.5. The van der Waals surface area contributed by atoms with Crippen LogP contribution < -0.4 is 20.1 Å². The molecule has 2 aromatic carbocycles. The summed E-state index contributed by atoms with van der Waals surface area (Å²) >= 11 is 6.01. The summed E-state index contributed by atoms with van der Waals surface area (Å²) in [5.74, 6) is -0.0838. The number of hydrogen-bond acceptors (Lipinski definition) is 5. The largest absolute Gasteiger partial charge is 0.454 e. The van der Waals surface area contributed by atoms with Gasteiger partial charge in [0, 0.05) is 28.1 Å². The lowest BCUT2D eigenvalue weighted by Crippen LogP contribution is -2.30. The molecule has 0 bridgehead atoms. The number of hydrogen-bond donors (Lipinski definition) is 2. The summed E-state index contributed by atoms with van der Waals surface area (Å²) < 4.78 is 22.6. The van der Waals surface area contributed by atoms with Crippen LogP contribution in [0.25, 0.3) is 0 Å². The van der Waals surface area contributed by atoms with E-state index < -0.39 is 22.6 Å². The maximum atomic E-state index is 12.1. The van der Waals surface area contributed by atoms with E-state index in [2.05, 4.69) is 10.6 Å². The maximum Gasteiger partial charge on any atom is 0.237 e. The number of amides is 2. The quantitative estimate of drug-likeness (QED) is 0.714. The zero-order chi connectivity index (χ0) is 20.1. The number of fused-ring (bicyclic) bond motifs is 1. The van der Waals surface area contributed by atoms with E-state index in [1.807, 2.05) is 13.0 Å². The number of carbonyl (C=O) groups is 2. The molecule has 1 aliphatic rings. The van der Waals surface area contributed by atoms with Gasteiger partial charge >= 0.3 is 0 Å². The molecule has 0 aromatic heterocycles. The highest BCUT2D eigenvalue weighted by Crippen LogP contribution is 2.32. The van der Waals surface area contributed by atoms with Crippen LogP contribution >= 0.6 is 11.6 Å².